The Balaban J connectivity index is 2.77. The normalized spacial score (nSPS) is 17.7. The first kappa shape index (κ1) is 41.9. The average molecular weight is 653 g/mol. The molecule has 0 aliphatic carbocycles. The Kier molecular flexibility index (Phi) is 19.7. The van der Waals surface area contributed by atoms with E-state index in [1.165, 1.54) is 32.1 Å². The van der Waals surface area contributed by atoms with Gasteiger partial charge in [0.05, 0.1) is 13.0 Å². The van der Waals surface area contributed by atoms with Crippen molar-refractivity contribution >= 4 is 18.0 Å². The van der Waals surface area contributed by atoms with E-state index < -0.39 is 17.5 Å². The molecule has 10 nitrogen and oxygen atoms in total. The summed E-state index contributed by atoms with van der Waals surface area (Å²) in [5.41, 5.74) is -1.74. The van der Waals surface area contributed by atoms with Crippen molar-refractivity contribution in [1.82, 2.24) is 20.6 Å². The molecular formula is C36H68N4O6. The van der Waals surface area contributed by atoms with Crippen molar-refractivity contribution in [1.29, 1.82) is 0 Å². The molecule has 1 heterocycles. The van der Waals surface area contributed by atoms with Crippen LogP contribution in [0.1, 0.15) is 139 Å². The summed E-state index contributed by atoms with van der Waals surface area (Å²) in [6.45, 7) is 23.2. The number of hydrogen-bond donors (Lipinski definition) is 2. The maximum atomic E-state index is 13.3. The van der Waals surface area contributed by atoms with Crippen LogP contribution in [0.3, 0.4) is 0 Å². The van der Waals surface area contributed by atoms with Gasteiger partial charge in [0.2, 0.25) is 0 Å². The van der Waals surface area contributed by atoms with Gasteiger partial charge in [-0.1, -0.05) is 72.3 Å². The monoisotopic (exact) mass is 653 g/mol. The number of ether oxygens (including phenoxy) is 2. The van der Waals surface area contributed by atoms with Crippen molar-refractivity contribution in [3.8, 4) is 0 Å². The van der Waals surface area contributed by atoms with Crippen LogP contribution in [0, 0.1) is 0 Å². The minimum atomic E-state index is -1.13. The second-order valence-electron chi connectivity index (χ2n) is 14.6. The van der Waals surface area contributed by atoms with Crippen LogP contribution < -0.4 is 10.6 Å². The van der Waals surface area contributed by atoms with Gasteiger partial charge in [0, 0.05) is 29.7 Å². The van der Waals surface area contributed by atoms with Gasteiger partial charge < -0.3 is 25.0 Å². The van der Waals surface area contributed by atoms with E-state index in [2.05, 4.69) is 75.6 Å². The predicted octanol–water partition coefficient (Wildman–Crippen LogP) is 6.92. The van der Waals surface area contributed by atoms with Gasteiger partial charge in [-0.15, -0.1) is 0 Å². The molecule has 0 radical (unpaired) electrons. The van der Waals surface area contributed by atoms with Gasteiger partial charge in [-0.25, -0.2) is 9.59 Å². The topological polar surface area (TPSA) is 109 Å². The van der Waals surface area contributed by atoms with E-state index in [0.717, 1.165) is 51.3 Å². The number of piperidine rings is 1. The Morgan fingerprint density at radius 1 is 0.848 bits per heavy atom. The van der Waals surface area contributed by atoms with Crippen molar-refractivity contribution in [2.24, 2.45) is 0 Å². The Morgan fingerprint density at radius 3 is 1.96 bits per heavy atom. The minimum absolute atomic E-state index is 0.112. The highest BCUT2D eigenvalue weighted by Gasteiger charge is 2.47. The summed E-state index contributed by atoms with van der Waals surface area (Å²) in [6, 6.07) is -0.518. The van der Waals surface area contributed by atoms with E-state index in [-0.39, 0.29) is 42.7 Å². The maximum absolute atomic E-state index is 13.3. The number of nitrogens with one attached hydrogen (secondary N) is 2. The highest BCUT2D eigenvalue weighted by atomic mass is 16.7. The van der Waals surface area contributed by atoms with E-state index in [1.807, 2.05) is 0 Å². The minimum Gasteiger partial charge on any atom is -0.463 e. The van der Waals surface area contributed by atoms with Crippen LogP contribution in [0.25, 0.3) is 0 Å². The Bertz CT molecular complexity index is 885. The van der Waals surface area contributed by atoms with Crippen LogP contribution in [-0.4, -0.2) is 90.0 Å². The maximum Gasteiger partial charge on any atom is 0.330 e. The Labute approximate surface area is 280 Å². The van der Waals surface area contributed by atoms with Crippen molar-refractivity contribution in [3.05, 3.63) is 12.7 Å². The number of hydrogen-bond acceptors (Lipinski definition) is 8. The average Bonchev–Trinajstić information content (AvgIpc) is 2.98. The number of nitrogens with zero attached hydrogens (tertiary/aromatic N) is 2. The van der Waals surface area contributed by atoms with E-state index in [0.29, 0.717) is 26.0 Å². The van der Waals surface area contributed by atoms with Crippen LogP contribution >= 0.6 is 0 Å². The summed E-state index contributed by atoms with van der Waals surface area (Å²) in [5.74, 6) is -0.961. The number of carbonyl (C=O) groups is 3. The van der Waals surface area contributed by atoms with Gasteiger partial charge in [-0.2, -0.15) is 5.06 Å². The zero-order valence-corrected chi connectivity index (χ0v) is 30.6. The van der Waals surface area contributed by atoms with Crippen LogP contribution in [-0.2, 0) is 23.9 Å². The van der Waals surface area contributed by atoms with Crippen LogP contribution in [0.2, 0.25) is 0 Å². The first-order valence-electron chi connectivity index (χ1n) is 17.9. The number of hydroxylamine groups is 2. The molecule has 46 heavy (non-hydrogen) atoms. The molecule has 1 saturated heterocycles. The smallest absolute Gasteiger partial charge is 0.330 e. The fourth-order valence-electron chi connectivity index (χ4n) is 6.31. The molecule has 1 rings (SSSR count). The SMILES string of the molecule is C=CC(=O)OCC(C)(COC(=O)CCN(CCCC)CCCC)NC(=O)NC1CC(C)(C)N(OCCCCCCCC)C(C)(C)C1. The van der Waals surface area contributed by atoms with E-state index >= 15 is 0 Å². The van der Waals surface area contributed by atoms with Crippen LogP contribution in [0.5, 0.6) is 0 Å². The van der Waals surface area contributed by atoms with Crippen LogP contribution in [0.15, 0.2) is 12.7 Å². The molecule has 2 N–H and O–H groups in total. The molecule has 0 aromatic carbocycles. The summed E-state index contributed by atoms with van der Waals surface area (Å²) in [4.78, 5) is 46.6. The van der Waals surface area contributed by atoms with Gasteiger partial charge in [0.25, 0.3) is 0 Å². The number of unbranched alkanes of at least 4 members (excludes halogenated alkanes) is 7. The molecule has 0 spiro atoms. The highest BCUT2D eigenvalue weighted by Crippen LogP contribution is 2.38. The molecule has 1 aliphatic rings. The zero-order chi connectivity index (χ0) is 34.6. The molecular weight excluding hydrogens is 584 g/mol. The molecule has 2 amide bonds. The lowest BCUT2D eigenvalue weighted by atomic mass is 9.79. The molecule has 1 fully saturated rings. The first-order chi connectivity index (χ1) is 21.7. The predicted molar refractivity (Wildman–Crippen MR) is 185 cm³/mol. The third-order valence-corrected chi connectivity index (χ3v) is 8.60. The van der Waals surface area contributed by atoms with Gasteiger partial charge in [0.15, 0.2) is 0 Å². The van der Waals surface area contributed by atoms with Crippen molar-refractivity contribution < 1.29 is 28.7 Å². The fraction of sp³-hybridized carbons (Fsp3) is 0.861. The highest BCUT2D eigenvalue weighted by molar-refractivity contribution is 5.81. The number of amides is 2. The molecule has 0 saturated carbocycles. The van der Waals surface area contributed by atoms with Gasteiger partial charge >= 0.3 is 18.0 Å². The van der Waals surface area contributed by atoms with Crippen molar-refractivity contribution in [2.45, 2.75) is 162 Å². The van der Waals surface area contributed by atoms with Gasteiger partial charge in [0.1, 0.15) is 18.8 Å². The molecule has 1 aliphatic heterocycles. The second-order valence-corrected chi connectivity index (χ2v) is 14.6. The van der Waals surface area contributed by atoms with Gasteiger partial charge in [-0.05, 0) is 79.8 Å². The lowest BCUT2D eigenvalue weighted by Gasteiger charge is -2.53. The third-order valence-electron chi connectivity index (χ3n) is 8.60. The molecule has 1 atom stereocenters. The number of esters is 2. The molecule has 1 unspecified atom stereocenters. The molecule has 0 bridgehead atoms. The molecule has 10 heteroatoms. The Morgan fingerprint density at radius 2 is 1.39 bits per heavy atom. The van der Waals surface area contributed by atoms with E-state index in [1.54, 1.807) is 6.92 Å². The molecule has 0 aromatic rings. The van der Waals surface area contributed by atoms with E-state index in [4.69, 9.17) is 14.3 Å². The number of carbonyl (C=O) groups excluding carboxylic acids is 3. The molecule has 0 aromatic heterocycles. The molecule has 268 valence electrons. The summed E-state index contributed by atoms with van der Waals surface area (Å²) in [6.07, 6.45) is 14.4. The van der Waals surface area contributed by atoms with Crippen molar-refractivity contribution in [2.75, 3.05) is 39.5 Å². The van der Waals surface area contributed by atoms with Crippen LogP contribution in [0.4, 0.5) is 4.79 Å². The van der Waals surface area contributed by atoms with Crippen molar-refractivity contribution in [3.63, 3.8) is 0 Å². The van der Waals surface area contributed by atoms with E-state index in [9.17, 15) is 14.4 Å². The lowest BCUT2D eigenvalue weighted by Crippen LogP contribution is -2.65. The number of rotatable bonds is 24. The summed E-state index contributed by atoms with van der Waals surface area (Å²) < 4.78 is 10.9. The second kappa shape index (κ2) is 21.7. The Hall–Kier alpha value is -2.17. The lowest BCUT2D eigenvalue weighted by molar-refractivity contribution is -0.284. The standard InChI is InChI=1S/C36H68N4O6/c1-10-14-17-18-19-20-25-46-40-34(5,6)26-30(27-35(40,7)8)37-33(43)38-36(9,28-44-31(41)13-4)29-45-32(42)21-24-39(22-15-11-2)23-16-12-3/h13,30H,4,10-12,14-29H2,1-3,5-9H3,(H2,37,38,43). The quantitative estimate of drug-likeness (QED) is 0.0657. The number of urea groups is 1. The zero-order valence-electron chi connectivity index (χ0n) is 30.6. The summed E-state index contributed by atoms with van der Waals surface area (Å²) in [5, 5.41) is 8.18. The first-order valence-corrected chi connectivity index (χ1v) is 17.9. The summed E-state index contributed by atoms with van der Waals surface area (Å²) in [7, 11) is 0. The third kappa shape index (κ3) is 16.6. The van der Waals surface area contributed by atoms with Gasteiger partial charge in [-0.3, -0.25) is 9.63 Å². The summed E-state index contributed by atoms with van der Waals surface area (Å²) >= 11 is 0. The largest absolute Gasteiger partial charge is 0.463 e. The fourth-order valence-corrected chi connectivity index (χ4v) is 6.31.